The average Bonchev–Trinajstić information content (AvgIpc) is 2.87. The van der Waals surface area contributed by atoms with Crippen LogP contribution in [-0.2, 0) is 4.79 Å². The van der Waals surface area contributed by atoms with Crippen molar-refractivity contribution in [3.05, 3.63) is 29.8 Å². The highest BCUT2D eigenvalue weighted by atomic mass is 32.2. The number of rotatable bonds is 4. The van der Waals surface area contributed by atoms with E-state index in [4.69, 9.17) is 5.11 Å². The van der Waals surface area contributed by atoms with Crippen LogP contribution in [0, 0.1) is 11.8 Å². The average molecular weight is 264 g/mol. The Morgan fingerprint density at radius 3 is 2.56 bits per heavy atom. The molecule has 0 heterocycles. The number of aliphatic carboxylic acids is 1. The summed E-state index contributed by atoms with van der Waals surface area (Å²) in [6, 6.07) is 7.43. The predicted octanol–water partition coefficient (Wildman–Crippen LogP) is 3.09. The highest BCUT2D eigenvalue weighted by Gasteiger charge is 2.38. The molecule has 0 aromatic heterocycles. The summed E-state index contributed by atoms with van der Waals surface area (Å²) in [5.74, 6) is -1.71. The van der Waals surface area contributed by atoms with Gasteiger partial charge in [0, 0.05) is 16.4 Å². The highest BCUT2D eigenvalue weighted by molar-refractivity contribution is 7.98. The summed E-state index contributed by atoms with van der Waals surface area (Å²) in [5, 5.41) is 9.15. The van der Waals surface area contributed by atoms with Crippen molar-refractivity contribution in [1.29, 1.82) is 0 Å². The molecular weight excluding hydrogens is 248 g/mol. The monoisotopic (exact) mass is 264 g/mol. The third-order valence-electron chi connectivity index (χ3n) is 3.54. The summed E-state index contributed by atoms with van der Waals surface area (Å²) >= 11 is 1.52. The lowest BCUT2D eigenvalue weighted by Gasteiger charge is -2.16. The zero-order valence-electron chi connectivity index (χ0n) is 10.3. The molecule has 0 spiro atoms. The molecule has 96 valence electrons. The lowest BCUT2D eigenvalue weighted by Crippen LogP contribution is -2.25. The van der Waals surface area contributed by atoms with Crippen LogP contribution in [-0.4, -0.2) is 23.1 Å². The summed E-state index contributed by atoms with van der Waals surface area (Å²) in [5.41, 5.74) is 0.670. The second-order valence-corrected chi connectivity index (χ2v) is 5.39. The molecule has 2 rings (SSSR count). The predicted molar refractivity (Wildman–Crippen MR) is 71.0 cm³/mol. The van der Waals surface area contributed by atoms with Crippen molar-refractivity contribution in [3.63, 3.8) is 0 Å². The van der Waals surface area contributed by atoms with Gasteiger partial charge < -0.3 is 5.11 Å². The lowest BCUT2D eigenvalue weighted by atomic mass is 9.88. The Hall–Kier alpha value is -1.29. The van der Waals surface area contributed by atoms with E-state index < -0.39 is 11.9 Å². The van der Waals surface area contributed by atoms with Gasteiger partial charge in [0.15, 0.2) is 5.78 Å². The van der Waals surface area contributed by atoms with E-state index in [-0.39, 0.29) is 11.7 Å². The molecule has 1 fully saturated rings. The largest absolute Gasteiger partial charge is 0.481 e. The van der Waals surface area contributed by atoms with Gasteiger partial charge in [-0.25, -0.2) is 0 Å². The van der Waals surface area contributed by atoms with E-state index in [0.717, 1.165) is 11.3 Å². The fourth-order valence-corrected chi connectivity index (χ4v) is 3.22. The number of benzene rings is 1. The summed E-state index contributed by atoms with van der Waals surface area (Å²) in [6.45, 7) is 0. The summed E-state index contributed by atoms with van der Waals surface area (Å²) in [6.07, 6.45) is 4.07. The summed E-state index contributed by atoms with van der Waals surface area (Å²) < 4.78 is 0. The van der Waals surface area contributed by atoms with E-state index >= 15 is 0 Å². The molecule has 1 aliphatic rings. The molecule has 0 aliphatic heterocycles. The van der Waals surface area contributed by atoms with Gasteiger partial charge in [-0.1, -0.05) is 24.6 Å². The van der Waals surface area contributed by atoms with Gasteiger partial charge in [-0.15, -0.1) is 11.8 Å². The number of carbonyl (C=O) groups excluding carboxylic acids is 1. The highest BCUT2D eigenvalue weighted by Crippen LogP contribution is 2.36. The molecule has 1 aromatic rings. The summed E-state index contributed by atoms with van der Waals surface area (Å²) in [4.78, 5) is 24.5. The first-order valence-electron chi connectivity index (χ1n) is 6.05. The van der Waals surface area contributed by atoms with Crippen LogP contribution in [0.1, 0.15) is 29.6 Å². The molecule has 1 aromatic carbocycles. The normalized spacial score (nSPS) is 22.9. The van der Waals surface area contributed by atoms with E-state index in [9.17, 15) is 9.59 Å². The first kappa shape index (κ1) is 13.1. The zero-order valence-corrected chi connectivity index (χ0v) is 11.1. The molecule has 0 unspecified atom stereocenters. The topological polar surface area (TPSA) is 54.4 Å². The first-order valence-corrected chi connectivity index (χ1v) is 7.27. The zero-order chi connectivity index (χ0) is 13.1. The molecule has 2 atom stereocenters. The van der Waals surface area contributed by atoms with Crippen LogP contribution in [0.3, 0.4) is 0 Å². The van der Waals surface area contributed by atoms with Crippen LogP contribution in [0.5, 0.6) is 0 Å². The van der Waals surface area contributed by atoms with Gasteiger partial charge >= 0.3 is 5.97 Å². The van der Waals surface area contributed by atoms with Crippen LogP contribution < -0.4 is 0 Å². The first-order chi connectivity index (χ1) is 8.65. The number of hydrogen-bond acceptors (Lipinski definition) is 3. The van der Waals surface area contributed by atoms with Gasteiger partial charge in [0.25, 0.3) is 0 Å². The minimum atomic E-state index is -0.840. The standard InChI is InChI=1S/C14H16O3S/c1-18-12-8-3-2-5-11(12)13(15)9-6-4-7-10(9)14(16)17/h2-3,5,8-10H,4,6-7H2,1H3,(H,16,17)/t9-,10+/m0/s1. The van der Waals surface area contributed by atoms with Crippen LogP contribution in [0.25, 0.3) is 0 Å². The van der Waals surface area contributed by atoms with Gasteiger partial charge in [0.05, 0.1) is 5.92 Å². The smallest absolute Gasteiger partial charge is 0.307 e. The number of carboxylic acid groups (broad SMARTS) is 1. The Balaban J connectivity index is 2.28. The molecule has 0 amide bonds. The number of carboxylic acids is 1. The Morgan fingerprint density at radius 1 is 1.22 bits per heavy atom. The van der Waals surface area contributed by atoms with Gasteiger partial charge in [0.1, 0.15) is 0 Å². The number of Topliss-reactive ketones (excluding diaryl/α,β-unsaturated/α-hetero) is 1. The molecule has 4 heteroatoms. The van der Waals surface area contributed by atoms with Crippen molar-refractivity contribution in [2.45, 2.75) is 24.2 Å². The summed E-state index contributed by atoms with van der Waals surface area (Å²) in [7, 11) is 0. The number of thioether (sulfide) groups is 1. The van der Waals surface area contributed by atoms with Gasteiger partial charge in [0.2, 0.25) is 0 Å². The van der Waals surface area contributed by atoms with Crippen LogP contribution in [0.15, 0.2) is 29.2 Å². The molecule has 1 N–H and O–H groups in total. The van der Waals surface area contributed by atoms with Crippen molar-refractivity contribution in [1.82, 2.24) is 0 Å². The third-order valence-corrected chi connectivity index (χ3v) is 4.34. The molecule has 0 bridgehead atoms. The van der Waals surface area contributed by atoms with E-state index in [2.05, 4.69) is 0 Å². The molecule has 1 saturated carbocycles. The van der Waals surface area contributed by atoms with Crippen molar-refractivity contribution in [2.24, 2.45) is 11.8 Å². The Kier molecular flexibility index (Phi) is 4.07. The number of ketones is 1. The fraction of sp³-hybridized carbons (Fsp3) is 0.429. The van der Waals surface area contributed by atoms with Crippen molar-refractivity contribution in [3.8, 4) is 0 Å². The maximum Gasteiger partial charge on any atom is 0.307 e. The van der Waals surface area contributed by atoms with Gasteiger partial charge in [-0.2, -0.15) is 0 Å². The quantitative estimate of drug-likeness (QED) is 0.670. The minimum absolute atomic E-state index is 0.00940. The molecule has 18 heavy (non-hydrogen) atoms. The molecule has 3 nitrogen and oxygen atoms in total. The fourth-order valence-electron chi connectivity index (χ4n) is 2.62. The molecule has 1 aliphatic carbocycles. The maximum absolute atomic E-state index is 12.5. The van der Waals surface area contributed by atoms with Crippen LogP contribution >= 0.6 is 11.8 Å². The molecule has 0 radical (unpaired) electrons. The maximum atomic E-state index is 12.5. The third kappa shape index (κ3) is 2.43. The molecular formula is C14H16O3S. The Labute approximate surface area is 111 Å². The minimum Gasteiger partial charge on any atom is -0.481 e. The lowest BCUT2D eigenvalue weighted by molar-refractivity contribution is -0.142. The number of hydrogen-bond donors (Lipinski definition) is 1. The number of carbonyl (C=O) groups is 2. The molecule has 0 saturated heterocycles. The van der Waals surface area contributed by atoms with Crippen LogP contribution in [0.4, 0.5) is 0 Å². The van der Waals surface area contributed by atoms with E-state index in [1.165, 1.54) is 11.8 Å². The van der Waals surface area contributed by atoms with E-state index in [1.807, 2.05) is 24.5 Å². The van der Waals surface area contributed by atoms with E-state index in [1.54, 1.807) is 6.07 Å². The van der Waals surface area contributed by atoms with Crippen molar-refractivity contribution >= 4 is 23.5 Å². The Bertz CT molecular complexity index is 470. The Morgan fingerprint density at radius 2 is 1.89 bits per heavy atom. The second kappa shape index (κ2) is 5.57. The van der Waals surface area contributed by atoms with Crippen LogP contribution in [0.2, 0.25) is 0 Å². The van der Waals surface area contributed by atoms with E-state index in [0.29, 0.717) is 18.4 Å². The van der Waals surface area contributed by atoms with Gasteiger partial charge in [-0.05, 0) is 25.2 Å². The second-order valence-electron chi connectivity index (χ2n) is 4.55. The van der Waals surface area contributed by atoms with Gasteiger partial charge in [-0.3, -0.25) is 9.59 Å². The SMILES string of the molecule is CSc1ccccc1C(=O)[C@H]1CCC[C@H]1C(=O)O. The van der Waals surface area contributed by atoms with Crippen molar-refractivity contribution < 1.29 is 14.7 Å². The van der Waals surface area contributed by atoms with Crippen molar-refractivity contribution in [2.75, 3.05) is 6.26 Å².